The van der Waals surface area contributed by atoms with Gasteiger partial charge in [0.15, 0.2) is 0 Å². The van der Waals surface area contributed by atoms with Gasteiger partial charge in [0.1, 0.15) is 4.88 Å². The van der Waals surface area contributed by atoms with Gasteiger partial charge in [-0.05, 0) is 13.3 Å². The smallest absolute Gasteiger partial charge is 0.313 e. The summed E-state index contributed by atoms with van der Waals surface area (Å²) in [4.78, 5) is 5.27. The lowest BCUT2D eigenvalue weighted by Crippen LogP contribution is -1.81. The molecule has 0 spiro atoms. The molecule has 0 saturated heterocycles. The Bertz CT molecular complexity index is 448. The lowest BCUT2D eigenvalue weighted by atomic mass is 10.4. The summed E-state index contributed by atoms with van der Waals surface area (Å²) >= 11 is 1.56. The van der Waals surface area contributed by atoms with Crippen molar-refractivity contribution < 1.29 is 4.42 Å². The molecule has 0 aliphatic rings. The first-order chi connectivity index (χ1) is 6.70. The second-order valence-corrected chi connectivity index (χ2v) is 3.90. The summed E-state index contributed by atoms with van der Waals surface area (Å²) in [5.74, 6) is 0.456. The highest BCUT2D eigenvalue weighted by Crippen LogP contribution is 2.29. The average Bonchev–Trinajstić information content (AvgIpc) is 2.71. The standard InChI is InChI=1S/C8H10N4OS/c1-3-5-10-4(2)6(14-5)7-11-12-8(9)13-7/h3H2,1-2H3,(H2,9,12). The van der Waals surface area contributed by atoms with E-state index in [2.05, 4.69) is 22.1 Å². The highest BCUT2D eigenvalue weighted by atomic mass is 32.1. The number of thiazole rings is 1. The van der Waals surface area contributed by atoms with E-state index in [1.54, 1.807) is 11.3 Å². The summed E-state index contributed by atoms with van der Waals surface area (Å²) in [7, 11) is 0. The molecule has 2 rings (SSSR count). The summed E-state index contributed by atoms with van der Waals surface area (Å²) in [6.07, 6.45) is 0.912. The van der Waals surface area contributed by atoms with Gasteiger partial charge in [-0.2, -0.15) is 0 Å². The molecule has 2 heterocycles. The SMILES string of the molecule is CCc1nc(C)c(-c2nnc(N)o2)s1. The van der Waals surface area contributed by atoms with Crippen LogP contribution in [0.5, 0.6) is 0 Å². The molecule has 0 atom stereocenters. The van der Waals surface area contributed by atoms with E-state index in [9.17, 15) is 0 Å². The quantitative estimate of drug-likeness (QED) is 0.815. The van der Waals surface area contributed by atoms with E-state index in [1.807, 2.05) is 6.92 Å². The fraction of sp³-hybridized carbons (Fsp3) is 0.375. The first-order valence-corrected chi connectivity index (χ1v) is 5.08. The molecule has 0 bridgehead atoms. The zero-order valence-electron chi connectivity index (χ0n) is 7.94. The van der Waals surface area contributed by atoms with Crippen LogP contribution >= 0.6 is 11.3 Å². The van der Waals surface area contributed by atoms with E-state index < -0.39 is 0 Å². The maximum atomic E-state index is 5.35. The van der Waals surface area contributed by atoms with Crippen LogP contribution in [-0.4, -0.2) is 15.2 Å². The van der Waals surface area contributed by atoms with Crippen molar-refractivity contribution in [3.05, 3.63) is 10.7 Å². The number of rotatable bonds is 2. The molecule has 0 amide bonds. The van der Waals surface area contributed by atoms with Crippen LogP contribution in [0.1, 0.15) is 17.6 Å². The van der Waals surface area contributed by atoms with Gasteiger partial charge in [0, 0.05) is 0 Å². The minimum atomic E-state index is 0.0887. The first kappa shape index (κ1) is 9.14. The van der Waals surface area contributed by atoms with Crippen LogP contribution < -0.4 is 5.73 Å². The minimum Gasteiger partial charge on any atom is -0.403 e. The predicted molar refractivity (Wildman–Crippen MR) is 53.9 cm³/mol. The third-order valence-electron chi connectivity index (χ3n) is 1.78. The van der Waals surface area contributed by atoms with Gasteiger partial charge in [0.2, 0.25) is 0 Å². The van der Waals surface area contributed by atoms with Crippen molar-refractivity contribution in [2.75, 3.05) is 5.73 Å². The first-order valence-electron chi connectivity index (χ1n) is 4.26. The Hall–Kier alpha value is -1.43. The third-order valence-corrected chi connectivity index (χ3v) is 3.07. The molecule has 14 heavy (non-hydrogen) atoms. The molecular formula is C8H10N4OS. The molecule has 0 aliphatic heterocycles. The number of nitrogen functional groups attached to an aromatic ring is 1. The molecule has 0 fully saturated rings. The van der Waals surface area contributed by atoms with Gasteiger partial charge < -0.3 is 10.2 Å². The lowest BCUT2D eigenvalue weighted by molar-refractivity contribution is 0.591. The molecule has 74 valence electrons. The summed E-state index contributed by atoms with van der Waals surface area (Å²) in [5, 5.41) is 8.50. The average molecular weight is 210 g/mol. The lowest BCUT2D eigenvalue weighted by Gasteiger charge is -1.87. The molecule has 6 heteroatoms. The zero-order chi connectivity index (χ0) is 10.1. The molecule has 0 unspecified atom stereocenters. The minimum absolute atomic E-state index is 0.0887. The molecule has 2 N–H and O–H groups in total. The van der Waals surface area contributed by atoms with Crippen LogP contribution in [0.25, 0.3) is 10.8 Å². The van der Waals surface area contributed by atoms with Crippen molar-refractivity contribution in [2.45, 2.75) is 20.3 Å². The van der Waals surface area contributed by atoms with Crippen molar-refractivity contribution in [1.29, 1.82) is 0 Å². The van der Waals surface area contributed by atoms with Gasteiger partial charge in [0.25, 0.3) is 5.89 Å². The Kier molecular flexibility index (Phi) is 2.20. The molecule has 0 saturated carbocycles. The number of hydrogen-bond acceptors (Lipinski definition) is 6. The topological polar surface area (TPSA) is 77.8 Å². The Morgan fingerprint density at radius 1 is 1.43 bits per heavy atom. The highest BCUT2D eigenvalue weighted by Gasteiger charge is 2.14. The summed E-state index contributed by atoms with van der Waals surface area (Å²) in [6.45, 7) is 3.98. The zero-order valence-corrected chi connectivity index (χ0v) is 8.76. The van der Waals surface area contributed by atoms with E-state index in [0.717, 1.165) is 22.0 Å². The number of aromatic nitrogens is 3. The number of nitrogens with zero attached hydrogens (tertiary/aromatic N) is 3. The Labute approximate surface area is 85.0 Å². The van der Waals surface area contributed by atoms with Gasteiger partial charge in [-0.15, -0.1) is 16.4 Å². The van der Waals surface area contributed by atoms with Crippen molar-refractivity contribution in [3.8, 4) is 10.8 Å². The van der Waals surface area contributed by atoms with E-state index in [-0.39, 0.29) is 6.01 Å². The summed E-state index contributed by atoms with van der Waals surface area (Å²) < 4.78 is 5.13. The number of hydrogen-bond donors (Lipinski definition) is 1. The van der Waals surface area contributed by atoms with Gasteiger partial charge in [-0.25, -0.2) is 4.98 Å². The Morgan fingerprint density at radius 2 is 2.21 bits per heavy atom. The fourth-order valence-corrected chi connectivity index (χ4v) is 2.05. The van der Waals surface area contributed by atoms with Gasteiger partial charge in [0.05, 0.1) is 10.7 Å². The second kappa shape index (κ2) is 3.38. The fourth-order valence-electron chi connectivity index (χ4n) is 1.13. The maximum absolute atomic E-state index is 5.35. The van der Waals surface area contributed by atoms with Crippen LogP contribution in [0.3, 0.4) is 0 Å². The van der Waals surface area contributed by atoms with Crippen LogP contribution in [0.15, 0.2) is 4.42 Å². The van der Waals surface area contributed by atoms with Crippen molar-refractivity contribution in [1.82, 2.24) is 15.2 Å². The van der Waals surface area contributed by atoms with Crippen molar-refractivity contribution in [2.24, 2.45) is 0 Å². The van der Waals surface area contributed by atoms with Gasteiger partial charge in [-0.3, -0.25) is 0 Å². The van der Waals surface area contributed by atoms with Crippen LogP contribution in [0, 0.1) is 6.92 Å². The molecular weight excluding hydrogens is 200 g/mol. The number of anilines is 1. The number of aryl methyl sites for hydroxylation is 2. The Morgan fingerprint density at radius 3 is 2.71 bits per heavy atom. The molecule has 2 aromatic rings. The molecule has 0 aliphatic carbocycles. The Balaban J connectivity index is 2.45. The largest absolute Gasteiger partial charge is 0.403 e. The van der Waals surface area contributed by atoms with Gasteiger partial charge >= 0.3 is 6.01 Å². The molecule has 2 aromatic heterocycles. The van der Waals surface area contributed by atoms with Crippen LogP contribution in [-0.2, 0) is 6.42 Å². The van der Waals surface area contributed by atoms with Crippen LogP contribution in [0.4, 0.5) is 6.01 Å². The molecule has 5 nitrogen and oxygen atoms in total. The summed E-state index contributed by atoms with van der Waals surface area (Å²) in [6, 6.07) is 0.0887. The normalized spacial score (nSPS) is 10.7. The third kappa shape index (κ3) is 1.48. The van der Waals surface area contributed by atoms with E-state index in [4.69, 9.17) is 10.2 Å². The monoisotopic (exact) mass is 210 g/mol. The van der Waals surface area contributed by atoms with Crippen LogP contribution in [0.2, 0.25) is 0 Å². The highest BCUT2D eigenvalue weighted by molar-refractivity contribution is 7.15. The number of nitrogens with two attached hydrogens (primary N) is 1. The van der Waals surface area contributed by atoms with Gasteiger partial charge in [-0.1, -0.05) is 12.0 Å². The van der Waals surface area contributed by atoms with E-state index in [0.29, 0.717) is 5.89 Å². The second-order valence-electron chi connectivity index (χ2n) is 2.82. The summed E-state index contributed by atoms with van der Waals surface area (Å²) in [5.41, 5.74) is 6.26. The molecule has 0 radical (unpaired) electrons. The van der Waals surface area contributed by atoms with E-state index in [1.165, 1.54) is 0 Å². The predicted octanol–water partition coefficient (Wildman–Crippen LogP) is 1.65. The van der Waals surface area contributed by atoms with Crippen molar-refractivity contribution in [3.63, 3.8) is 0 Å². The van der Waals surface area contributed by atoms with Crippen molar-refractivity contribution >= 4 is 17.4 Å². The van der Waals surface area contributed by atoms with E-state index >= 15 is 0 Å². The maximum Gasteiger partial charge on any atom is 0.313 e. The molecule has 0 aromatic carbocycles.